The maximum Gasteiger partial charge on any atom is 0.254 e. The van der Waals surface area contributed by atoms with Gasteiger partial charge in [-0.3, -0.25) is 4.79 Å². The highest BCUT2D eigenvalue weighted by molar-refractivity contribution is 5.97. The van der Waals surface area contributed by atoms with Crippen LogP contribution < -0.4 is 5.32 Å². The van der Waals surface area contributed by atoms with Crippen LogP contribution in [0, 0.1) is 13.8 Å². The number of likely N-dealkylation sites (N-methyl/N-ethyl adjacent to an activating group) is 1. The Hall–Kier alpha value is -1.35. The molecule has 1 unspecified atom stereocenters. The lowest BCUT2D eigenvalue weighted by molar-refractivity contribution is 0.0788. The molecule has 17 heavy (non-hydrogen) atoms. The molecule has 1 aromatic carbocycles. The number of hydrogen-bond acceptors (Lipinski definition) is 2. The normalized spacial score (nSPS) is 19.7. The van der Waals surface area contributed by atoms with Crippen molar-refractivity contribution in [3.05, 3.63) is 34.9 Å². The molecular formula is C14H20N2O. The van der Waals surface area contributed by atoms with Crippen molar-refractivity contribution in [1.29, 1.82) is 0 Å². The Balaban J connectivity index is 2.21. The van der Waals surface area contributed by atoms with Gasteiger partial charge in [-0.25, -0.2) is 0 Å². The van der Waals surface area contributed by atoms with E-state index in [0.29, 0.717) is 6.04 Å². The van der Waals surface area contributed by atoms with Crippen LogP contribution in [0.3, 0.4) is 0 Å². The first kappa shape index (κ1) is 12.1. The van der Waals surface area contributed by atoms with Crippen LogP contribution in [0.1, 0.15) is 27.9 Å². The summed E-state index contributed by atoms with van der Waals surface area (Å²) in [5.41, 5.74) is 3.02. The van der Waals surface area contributed by atoms with Gasteiger partial charge in [0.15, 0.2) is 0 Å². The van der Waals surface area contributed by atoms with Gasteiger partial charge in [-0.05, 0) is 38.4 Å². The van der Waals surface area contributed by atoms with E-state index < -0.39 is 0 Å². The smallest absolute Gasteiger partial charge is 0.254 e. The standard InChI is InChI=1S/C14H20N2O/c1-10-5-4-6-11(2)13(10)14(17)16-8-7-12(9-16)15-3/h4-6,12,15H,7-9H2,1-3H3. The summed E-state index contributed by atoms with van der Waals surface area (Å²) >= 11 is 0. The minimum absolute atomic E-state index is 0.179. The minimum Gasteiger partial charge on any atom is -0.337 e. The predicted molar refractivity (Wildman–Crippen MR) is 69.3 cm³/mol. The SMILES string of the molecule is CNC1CCN(C(=O)c2c(C)cccc2C)C1. The molecule has 1 aliphatic rings. The molecule has 1 aliphatic heterocycles. The third kappa shape index (κ3) is 2.34. The summed E-state index contributed by atoms with van der Waals surface area (Å²) in [6.07, 6.45) is 1.05. The molecule has 0 bridgehead atoms. The van der Waals surface area contributed by atoms with Gasteiger partial charge in [-0.15, -0.1) is 0 Å². The molecule has 0 saturated carbocycles. The average molecular weight is 232 g/mol. The van der Waals surface area contributed by atoms with Gasteiger partial charge in [0.05, 0.1) is 0 Å². The molecule has 1 heterocycles. The van der Waals surface area contributed by atoms with Crippen LogP contribution in [0.15, 0.2) is 18.2 Å². The Labute approximate surface area is 103 Å². The van der Waals surface area contributed by atoms with E-state index in [0.717, 1.165) is 36.2 Å². The minimum atomic E-state index is 0.179. The van der Waals surface area contributed by atoms with Crippen LogP contribution in [0.2, 0.25) is 0 Å². The molecule has 1 amide bonds. The summed E-state index contributed by atoms with van der Waals surface area (Å²) in [7, 11) is 1.96. The Morgan fingerprint density at radius 2 is 2.00 bits per heavy atom. The van der Waals surface area contributed by atoms with Crippen LogP contribution in [0.5, 0.6) is 0 Å². The van der Waals surface area contributed by atoms with Crippen LogP contribution in [-0.4, -0.2) is 37.0 Å². The van der Waals surface area contributed by atoms with Crippen molar-refractivity contribution in [3.8, 4) is 0 Å². The Kier molecular flexibility index (Phi) is 3.48. The Morgan fingerprint density at radius 3 is 2.53 bits per heavy atom. The summed E-state index contributed by atoms with van der Waals surface area (Å²) in [6.45, 7) is 5.69. The fourth-order valence-electron chi connectivity index (χ4n) is 2.49. The van der Waals surface area contributed by atoms with Crippen molar-refractivity contribution in [2.75, 3.05) is 20.1 Å². The van der Waals surface area contributed by atoms with Gasteiger partial charge >= 0.3 is 0 Å². The Bertz CT molecular complexity index is 408. The number of rotatable bonds is 2. The maximum atomic E-state index is 12.4. The third-order valence-electron chi connectivity index (χ3n) is 3.58. The molecule has 3 nitrogen and oxygen atoms in total. The number of amides is 1. The van der Waals surface area contributed by atoms with Crippen molar-refractivity contribution in [1.82, 2.24) is 10.2 Å². The zero-order valence-electron chi connectivity index (χ0n) is 10.8. The lowest BCUT2D eigenvalue weighted by atomic mass is 10.0. The van der Waals surface area contributed by atoms with E-state index in [2.05, 4.69) is 5.32 Å². The summed E-state index contributed by atoms with van der Waals surface area (Å²) < 4.78 is 0. The van der Waals surface area contributed by atoms with E-state index in [-0.39, 0.29) is 5.91 Å². The van der Waals surface area contributed by atoms with E-state index in [4.69, 9.17) is 0 Å². The molecule has 1 N–H and O–H groups in total. The first-order valence-corrected chi connectivity index (χ1v) is 6.16. The molecule has 2 rings (SSSR count). The second kappa shape index (κ2) is 4.88. The van der Waals surface area contributed by atoms with Crippen LogP contribution in [0.25, 0.3) is 0 Å². The van der Waals surface area contributed by atoms with Gasteiger partial charge in [-0.2, -0.15) is 0 Å². The number of nitrogens with one attached hydrogen (secondary N) is 1. The highest BCUT2D eigenvalue weighted by Crippen LogP contribution is 2.19. The zero-order valence-corrected chi connectivity index (χ0v) is 10.8. The van der Waals surface area contributed by atoms with E-state index >= 15 is 0 Å². The fraction of sp³-hybridized carbons (Fsp3) is 0.500. The molecule has 92 valence electrons. The number of carbonyl (C=O) groups is 1. The fourth-order valence-corrected chi connectivity index (χ4v) is 2.49. The molecule has 1 fully saturated rings. The zero-order chi connectivity index (χ0) is 12.4. The van der Waals surface area contributed by atoms with E-state index in [9.17, 15) is 4.79 Å². The Morgan fingerprint density at radius 1 is 1.35 bits per heavy atom. The summed E-state index contributed by atoms with van der Waals surface area (Å²) in [6, 6.07) is 6.46. The van der Waals surface area contributed by atoms with Crippen molar-refractivity contribution in [2.45, 2.75) is 26.3 Å². The summed E-state index contributed by atoms with van der Waals surface area (Å²) in [5, 5.41) is 3.24. The first-order valence-electron chi connectivity index (χ1n) is 6.16. The number of carbonyl (C=O) groups excluding carboxylic acids is 1. The lowest BCUT2D eigenvalue weighted by Crippen LogP contribution is -2.34. The van der Waals surface area contributed by atoms with Crippen LogP contribution >= 0.6 is 0 Å². The van der Waals surface area contributed by atoms with Gasteiger partial charge in [0.1, 0.15) is 0 Å². The molecule has 0 spiro atoms. The lowest BCUT2D eigenvalue weighted by Gasteiger charge is -2.19. The second-order valence-corrected chi connectivity index (χ2v) is 4.79. The third-order valence-corrected chi connectivity index (χ3v) is 3.58. The largest absolute Gasteiger partial charge is 0.337 e. The van der Waals surface area contributed by atoms with E-state index in [1.165, 1.54) is 0 Å². The van der Waals surface area contributed by atoms with Gasteiger partial charge in [0, 0.05) is 24.7 Å². The molecular weight excluding hydrogens is 212 g/mol. The maximum absolute atomic E-state index is 12.4. The number of hydrogen-bond donors (Lipinski definition) is 1. The monoisotopic (exact) mass is 232 g/mol. The van der Waals surface area contributed by atoms with E-state index in [1.54, 1.807) is 0 Å². The van der Waals surface area contributed by atoms with Crippen molar-refractivity contribution >= 4 is 5.91 Å². The topological polar surface area (TPSA) is 32.3 Å². The number of likely N-dealkylation sites (tertiary alicyclic amines) is 1. The van der Waals surface area contributed by atoms with Crippen molar-refractivity contribution in [2.24, 2.45) is 0 Å². The molecule has 0 radical (unpaired) electrons. The van der Waals surface area contributed by atoms with Gasteiger partial charge in [0.2, 0.25) is 0 Å². The molecule has 3 heteroatoms. The van der Waals surface area contributed by atoms with Crippen molar-refractivity contribution in [3.63, 3.8) is 0 Å². The molecule has 0 aromatic heterocycles. The average Bonchev–Trinajstić information content (AvgIpc) is 2.77. The van der Waals surface area contributed by atoms with E-state index in [1.807, 2.05) is 44.0 Å². The molecule has 1 aromatic rings. The highest BCUT2D eigenvalue weighted by Gasteiger charge is 2.27. The second-order valence-electron chi connectivity index (χ2n) is 4.79. The quantitative estimate of drug-likeness (QED) is 0.842. The molecule has 0 aliphatic carbocycles. The molecule has 1 saturated heterocycles. The van der Waals surface area contributed by atoms with Crippen molar-refractivity contribution < 1.29 is 4.79 Å². The van der Waals surface area contributed by atoms with Gasteiger partial charge < -0.3 is 10.2 Å². The number of nitrogens with zero attached hydrogens (tertiary/aromatic N) is 1. The predicted octanol–water partition coefficient (Wildman–Crippen LogP) is 1.74. The van der Waals surface area contributed by atoms with Gasteiger partial charge in [0.25, 0.3) is 5.91 Å². The summed E-state index contributed by atoms with van der Waals surface area (Å²) in [5.74, 6) is 0.179. The number of benzene rings is 1. The van der Waals surface area contributed by atoms with Crippen LogP contribution in [-0.2, 0) is 0 Å². The summed E-state index contributed by atoms with van der Waals surface area (Å²) in [4.78, 5) is 14.4. The molecule has 1 atom stereocenters. The van der Waals surface area contributed by atoms with Gasteiger partial charge in [-0.1, -0.05) is 18.2 Å². The first-order chi connectivity index (χ1) is 8.13. The number of aryl methyl sites for hydroxylation is 2. The van der Waals surface area contributed by atoms with Crippen LogP contribution in [0.4, 0.5) is 0 Å². The highest BCUT2D eigenvalue weighted by atomic mass is 16.2.